The van der Waals surface area contributed by atoms with Crippen molar-refractivity contribution in [2.75, 3.05) is 39.6 Å². The van der Waals surface area contributed by atoms with Crippen molar-refractivity contribution in [2.24, 2.45) is 17.8 Å². The average Bonchev–Trinajstić information content (AvgIpc) is 2.99. The van der Waals surface area contributed by atoms with Gasteiger partial charge < -0.3 is 33.8 Å². The molecule has 0 aliphatic heterocycles. The summed E-state index contributed by atoms with van der Waals surface area (Å²) in [5.74, 6) is 0.255. The first kappa shape index (κ1) is 91.1. The number of hydrogen-bond donors (Lipinski definition) is 3. The summed E-state index contributed by atoms with van der Waals surface area (Å²) in [6, 6.07) is 0. The molecular weight excluding hydrogens is 1220 g/mol. The summed E-state index contributed by atoms with van der Waals surface area (Å²) in [7, 11) is -9.90. The number of carbonyl (C=O) groups is 4. The molecule has 0 bridgehead atoms. The highest BCUT2D eigenvalue weighted by Gasteiger charge is 2.30. The van der Waals surface area contributed by atoms with Crippen LogP contribution in [0.15, 0.2) is 0 Å². The second-order valence-corrected chi connectivity index (χ2v) is 30.8. The molecule has 3 N–H and O–H groups in total. The van der Waals surface area contributed by atoms with Crippen molar-refractivity contribution in [3.8, 4) is 0 Å². The van der Waals surface area contributed by atoms with Gasteiger partial charge in [-0.3, -0.25) is 37.3 Å². The fraction of sp³-hybridized carbons (Fsp3) is 0.946. The van der Waals surface area contributed by atoms with E-state index < -0.39 is 97.5 Å². The molecule has 0 radical (unpaired) electrons. The molecule has 0 aromatic heterocycles. The van der Waals surface area contributed by atoms with Crippen molar-refractivity contribution in [3.05, 3.63) is 0 Å². The number of hydrogen-bond acceptors (Lipinski definition) is 15. The Morgan fingerprint density at radius 3 is 0.817 bits per heavy atom. The van der Waals surface area contributed by atoms with E-state index in [1.54, 1.807) is 0 Å². The molecule has 17 nitrogen and oxygen atoms in total. The van der Waals surface area contributed by atoms with Crippen LogP contribution in [0.2, 0.25) is 0 Å². The fourth-order valence-electron chi connectivity index (χ4n) is 11.2. The van der Waals surface area contributed by atoms with Crippen LogP contribution < -0.4 is 0 Å². The topological polar surface area (TPSA) is 237 Å². The summed E-state index contributed by atoms with van der Waals surface area (Å²) >= 11 is 0. The molecule has 0 aliphatic rings. The first-order chi connectivity index (χ1) is 44.8. The zero-order valence-electron chi connectivity index (χ0n) is 60.7. The Bertz CT molecular complexity index is 1820. The predicted molar refractivity (Wildman–Crippen MR) is 377 cm³/mol. The number of aliphatic hydroxyl groups excluding tert-OH is 1. The number of esters is 4. The minimum atomic E-state index is -4.96. The molecule has 6 atom stereocenters. The molecule has 0 saturated carbocycles. The molecule has 0 rings (SSSR count). The van der Waals surface area contributed by atoms with Crippen molar-refractivity contribution in [3.63, 3.8) is 0 Å². The van der Waals surface area contributed by atoms with Crippen molar-refractivity contribution < 1.29 is 80.2 Å². The second-order valence-electron chi connectivity index (χ2n) is 27.9. The molecular formula is C74H144O17P2. The summed E-state index contributed by atoms with van der Waals surface area (Å²) < 4.78 is 68.4. The summed E-state index contributed by atoms with van der Waals surface area (Å²) in [6.45, 7) is 11.9. The summed E-state index contributed by atoms with van der Waals surface area (Å²) in [5, 5.41) is 10.6. The Hall–Kier alpha value is -1.94. The van der Waals surface area contributed by atoms with Crippen LogP contribution in [-0.2, 0) is 65.4 Å². The maximum absolute atomic E-state index is 13.1. The van der Waals surface area contributed by atoms with Crippen LogP contribution in [0.3, 0.4) is 0 Å². The quantitative estimate of drug-likeness (QED) is 0.0222. The van der Waals surface area contributed by atoms with Gasteiger partial charge in [0, 0.05) is 25.7 Å². The van der Waals surface area contributed by atoms with Crippen LogP contribution >= 0.6 is 15.6 Å². The van der Waals surface area contributed by atoms with Crippen molar-refractivity contribution >= 4 is 39.5 Å². The van der Waals surface area contributed by atoms with E-state index in [1.807, 2.05) is 0 Å². The van der Waals surface area contributed by atoms with Gasteiger partial charge >= 0.3 is 39.5 Å². The van der Waals surface area contributed by atoms with E-state index in [-0.39, 0.29) is 25.7 Å². The van der Waals surface area contributed by atoms with E-state index in [9.17, 15) is 43.2 Å². The Kier molecular flexibility index (Phi) is 63.4. The van der Waals surface area contributed by atoms with Gasteiger partial charge in [0.15, 0.2) is 12.2 Å². The molecule has 0 fully saturated rings. The molecule has 0 amide bonds. The lowest BCUT2D eigenvalue weighted by molar-refractivity contribution is -0.161. The van der Waals surface area contributed by atoms with Gasteiger partial charge in [-0.2, -0.15) is 0 Å². The largest absolute Gasteiger partial charge is 0.472 e. The van der Waals surface area contributed by atoms with E-state index in [4.69, 9.17) is 37.0 Å². The van der Waals surface area contributed by atoms with Crippen molar-refractivity contribution in [2.45, 2.75) is 394 Å². The molecule has 0 aromatic carbocycles. The van der Waals surface area contributed by atoms with Crippen LogP contribution in [0.25, 0.3) is 0 Å². The summed E-state index contributed by atoms with van der Waals surface area (Å²) in [6.07, 6.45) is 50.0. The molecule has 19 heteroatoms. The first-order valence-electron chi connectivity index (χ1n) is 38.4. The maximum Gasteiger partial charge on any atom is 0.472 e. The summed E-state index contributed by atoms with van der Waals surface area (Å²) in [5.41, 5.74) is 0. The Balaban J connectivity index is 5.21. The van der Waals surface area contributed by atoms with E-state index in [0.717, 1.165) is 120 Å². The number of rotatable bonds is 72. The zero-order chi connectivity index (χ0) is 68.7. The lowest BCUT2D eigenvalue weighted by atomic mass is 9.99. The Morgan fingerprint density at radius 2 is 0.548 bits per heavy atom. The third kappa shape index (κ3) is 67.0. The van der Waals surface area contributed by atoms with E-state index in [0.29, 0.717) is 25.7 Å². The maximum atomic E-state index is 13.1. The Labute approximate surface area is 568 Å². The third-order valence-electron chi connectivity index (χ3n) is 17.5. The molecule has 0 aromatic rings. The predicted octanol–water partition coefficient (Wildman–Crippen LogP) is 21.4. The molecule has 3 unspecified atom stereocenters. The van der Waals surface area contributed by atoms with Gasteiger partial charge in [0.25, 0.3) is 0 Å². The molecule has 93 heavy (non-hydrogen) atoms. The van der Waals surface area contributed by atoms with Gasteiger partial charge in [-0.05, 0) is 43.4 Å². The number of aliphatic hydroxyl groups is 1. The van der Waals surface area contributed by atoms with Gasteiger partial charge in [-0.15, -0.1) is 0 Å². The zero-order valence-corrected chi connectivity index (χ0v) is 62.5. The Morgan fingerprint density at radius 1 is 0.312 bits per heavy atom. The average molecular weight is 1370 g/mol. The molecule has 0 heterocycles. The van der Waals surface area contributed by atoms with E-state index in [1.165, 1.54) is 173 Å². The van der Waals surface area contributed by atoms with Gasteiger partial charge in [-0.1, -0.05) is 325 Å². The molecule has 0 saturated heterocycles. The van der Waals surface area contributed by atoms with E-state index >= 15 is 0 Å². The van der Waals surface area contributed by atoms with Crippen LogP contribution in [-0.4, -0.2) is 96.7 Å². The van der Waals surface area contributed by atoms with Gasteiger partial charge in [-0.25, -0.2) is 9.13 Å². The first-order valence-corrected chi connectivity index (χ1v) is 41.4. The normalized spacial score (nSPS) is 14.4. The number of ether oxygens (including phenoxy) is 4. The second kappa shape index (κ2) is 64.7. The monoisotopic (exact) mass is 1370 g/mol. The number of carbonyl (C=O) groups excluding carboxylic acids is 4. The fourth-order valence-corrected chi connectivity index (χ4v) is 12.8. The van der Waals surface area contributed by atoms with Crippen LogP contribution in [0, 0.1) is 17.8 Å². The number of phosphoric acid groups is 2. The molecule has 552 valence electrons. The highest BCUT2D eigenvalue weighted by molar-refractivity contribution is 7.47. The number of phosphoric ester groups is 2. The van der Waals surface area contributed by atoms with Crippen molar-refractivity contribution in [1.82, 2.24) is 0 Å². The lowest BCUT2D eigenvalue weighted by Crippen LogP contribution is -2.30. The minimum Gasteiger partial charge on any atom is -0.462 e. The standard InChI is InChI=1S/C74H144O17P2/c1-8-10-11-12-31-41-48-55-71(76)84-61-69(90-74(79)58-51-44-37-30-24-23-26-33-39-46-53-66(5)6)63-88-92(80,81)86-59-68(75)60-87-93(82,83)89-64-70(62-85-72(77)56-49-42-35-28-21-18-17-19-25-32-38-45-52-65(3)4)91-73(78)57-50-43-36-29-22-16-14-13-15-20-27-34-40-47-54-67(7)9-2/h65-70,75H,8-64H2,1-7H3,(H,80,81)(H,82,83)/t67?,68-,69+,70+/m0/s1. The third-order valence-corrected chi connectivity index (χ3v) is 19.4. The highest BCUT2D eigenvalue weighted by Crippen LogP contribution is 2.45. The number of unbranched alkanes of at least 4 members (excludes halogenated alkanes) is 39. The minimum absolute atomic E-state index is 0.105. The van der Waals surface area contributed by atoms with Gasteiger partial charge in [0.1, 0.15) is 19.3 Å². The van der Waals surface area contributed by atoms with E-state index in [2.05, 4.69) is 48.5 Å². The molecule has 0 aliphatic carbocycles. The smallest absolute Gasteiger partial charge is 0.462 e. The van der Waals surface area contributed by atoms with Crippen LogP contribution in [0.1, 0.15) is 376 Å². The SMILES string of the molecule is CCCCCCCCCC(=O)OC[C@H](COP(=O)(O)OC[C@H](O)COP(=O)(O)OC[C@@H](COC(=O)CCCCCCCCCCCCCCC(C)C)OC(=O)CCCCCCCCCCCCCCCCC(C)CC)OC(=O)CCCCCCCCCCCCC(C)C. The van der Waals surface area contributed by atoms with Crippen LogP contribution in [0.4, 0.5) is 0 Å². The van der Waals surface area contributed by atoms with Crippen LogP contribution in [0.5, 0.6) is 0 Å². The van der Waals surface area contributed by atoms with Gasteiger partial charge in [0.2, 0.25) is 0 Å². The highest BCUT2D eigenvalue weighted by atomic mass is 31.2. The van der Waals surface area contributed by atoms with Crippen molar-refractivity contribution in [1.29, 1.82) is 0 Å². The molecule has 0 spiro atoms. The van der Waals surface area contributed by atoms with Gasteiger partial charge in [0.05, 0.1) is 26.4 Å². The summed E-state index contributed by atoms with van der Waals surface area (Å²) in [4.78, 5) is 72.6. The lowest BCUT2D eigenvalue weighted by Gasteiger charge is -2.21.